The highest BCUT2D eigenvalue weighted by Crippen LogP contribution is 2.60. The van der Waals surface area contributed by atoms with Crippen LogP contribution in [0.5, 0.6) is 5.75 Å². The number of Topliss-reactive ketones (excluding diaryl/α,β-unsaturated/α-hetero) is 1. The van der Waals surface area contributed by atoms with Gasteiger partial charge < -0.3 is 9.84 Å². The van der Waals surface area contributed by atoms with Crippen LogP contribution in [0.1, 0.15) is 99.9 Å². The molecule has 0 aromatic heterocycles. The molecule has 33 heavy (non-hydrogen) atoms. The van der Waals surface area contributed by atoms with Crippen LogP contribution >= 0.6 is 0 Å². The van der Waals surface area contributed by atoms with Crippen LogP contribution in [0.4, 0.5) is 4.39 Å². The number of ketones is 1. The van der Waals surface area contributed by atoms with Crippen molar-refractivity contribution in [1.29, 1.82) is 0 Å². The van der Waals surface area contributed by atoms with E-state index in [0.717, 1.165) is 36.2 Å². The monoisotopic (exact) mass is 456 g/mol. The maximum absolute atomic E-state index is 15.1. The Kier molecular flexibility index (Phi) is 6.03. The Labute approximate surface area is 196 Å². The second kappa shape index (κ2) is 8.70. The van der Waals surface area contributed by atoms with Gasteiger partial charge in [-0.25, -0.2) is 4.39 Å². The molecule has 4 nitrogen and oxygen atoms in total. The van der Waals surface area contributed by atoms with Crippen molar-refractivity contribution >= 4 is 11.8 Å². The van der Waals surface area contributed by atoms with Crippen LogP contribution in [-0.4, -0.2) is 23.5 Å². The standard InChI is InChI=1S/C28H37FO4/c1-3-16(2)21(27(31)32)10-25(30)23-9-22(20-4-5-20)26(11-24(23)29)33-15-28-12-17-6-18(13-28)8-19(7-17)14-28/h9,11,16-21H,3-8,10,12-15H2,1-2H3,(H,31,32)/t16-,17?,18?,19?,21-,28?/m0/s1. The lowest BCUT2D eigenvalue weighted by Gasteiger charge is -2.56. The lowest BCUT2D eigenvalue weighted by Crippen LogP contribution is -2.48. The highest BCUT2D eigenvalue weighted by molar-refractivity contribution is 5.98. The van der Waals surface area contributed by atoms with Gasteiger partial charge in [0.15, 0.2) is 5.78 Å². The molecule has 5 aliphatic rings. The second-order valence-corrected chi connectivity index (χ2v) is 11.8. The molecule has 2 atom stereocenters. The van der Waals surface area contributed by atoms with Gasteiger partial charge in [-0.05, 0) is 92.6 Å². The van der Waals surface area contributed by atoms with E-state index in [1.54, 1.807) is 6.07 Å². The minimum absolute atomic E-state index is 0.0219. The van der Waals surface area contributed by atoms with Gasteiger partial charge in [0.25, 0.3) is 0 Å². The zero-order chi connectivity index (χ0) is 23.3. The number of hydrogen-bond donors (Lipinski definition) is 1. The van der Waals surface area contributed by atoms with Crippen molar-refractivity contribution in [2.45, 2.75) is 84.0 Å². The van der Waals surface area contributed by atoms with E-state index in [4.69, 9.17) is 4.74 Å². The van der Waals surface area contributed by atoms with Gasteiger partial charge in [-0.1, -0.05) is 20.3 Å². The van der Waals surface area contributed by atoms with Gasteiger partial charge in [0.2, 0.25) is 0 Å². The fourth-order valence-corrected chi connectivity index (χ4v) is 7.45. The molecule has 5 aliphatic carbocycles. The minimum Gasteiger partial charge on any atom is -0.493 e. The van der Waals surface area contributed by atoms with Crippen molar-refractivity contribution < 1.29 is 23.8 Å². The Bertz CT molecular complexity index is 899. The van der Waals surface area contributed by atoms with Crippen LogP contribution < -0.4 is 4.74 Å². The second-order valence-electron chi connectivity index (χ2n) is 11.8. The topological polar surface area (TPSA) is 63.6 Å². The first-order valence-electron chi connectivity index (χ1n) is 13.0. The van der Waals surface area contributed by atoms with E-state index in [1.807, 2.05) is 13.8 Å². The maximum Gasteiger partial charge on any atom is 0.307 e. The van der Waals surface area contributed by atoms with E-state index in [0.29, 0.717) is 24.7 Å². The van der Waals surface area contributed by atoms with Gasteiger partial charge >= 0.3 is 5.97 Å². The largest absolute Gasteiger partial charge is 0.493 e. The molecule has 5 heteroatoms. The number of benzene rings is 1. The molecule has 1 aromatic rings. The molecular weight excluding hydrogens is 419 g/mol. The fraction of sp³-hybridized carbons (Fsp3) is 0.714. The SMILES string of the molecule is CC[C@H](C)[C@H](CC(=O)c1cc(C2CC2)c(OCC23CC4CC(CC(C4)C2)C3)cc1F)C(=O)O. The molecule has 0 saturated heterocycles. The van der Waals surface area contributed by atoms with Crippen LogP contribution in [-0.2, 0) is 4.79 Å². The van der Waals surface area contributed by atoms with Gasteiger partial charge in [-0.2, -0.15) is 0 Å². The molecule has 0 radical (unpaired) electrons. The van der Waals surface area contributed by atoms with Gasteiger partial charge in [-0.15, -0.1) is 0 Å². The number of carbonyl (C=O) groups excluding carboxylic acids is 1. The van der Waals surface area contributed by atoms with Gasteiger partial charge in [-0.3, -0.25) is 9.59 Å². The average molecular weight is 457 g/mol. The Hall–Kier alpha value is -1.91. The number of ether oxygens (including phenoxy) is 1. The summed E-state index contributed by atoms with van der Waals surface area (Å²) in [5.41, 5.74) is 1.19. The number of halogens is 1. The first-order chi connectivity index (χ1) is 15.8. The number of carboxylic acids is 1. The number of carboxylic acid groups (broad SMARTS) is 1. The van der Waals surface area contributed by atoms with Crippen LogP contribution in [0, 0.1) is 40.8 Å². The number of rotatable bonds is 10. The summed E-state index contributed by atoms with van der Waals surface area (Å²) >= 11 is 0. The van der Waals surface area contributed by atoms with Crippen molar-refractivity contribution in [3.05, 3.63) is 29.1 Å². The summed E-state index contributed by atoms with van der Waals surface area (Å²) in [5, 5.41) is 9.56. The Morgan fingerprint density at radius 3 is 2.24 bits per heavy atom. The zero-order valence-electron chi connectivity index (χ0n) is 19.9. The normalized spacial score (nSPS) is 31.9. The molecule has 4 bridgehead atoms. The minimum atomic E-state index is -0.990. The average Bonchev–Trinajstić information content (AvgIpc) is 3.59. The molecule has 0 amide bonds. The molecule has 0 spiro atoms. The molecule has 5 fully saturated rings. The van der Waals surface area contributed by atoms with Crippen LogP contribution in [0.2, 0.25) is 0 Å². The van der Waals surface area contributed by atoms with Crippen molar-refractivity contribution in [3.63, 3.8) is 0 Å². The van der Waals surface area contributed by atoms with E-state index in [9.17, 15) is 14.7 Å². The molecule has 6 rings (SSSR count). The highest BCUT2D eigenvalue weighted by atomic mass is 19.1. The highest BCUT2D eigenvalue weighted by Gasteiger charge is 2.51. The third-order valence-electron chi connectivity index (χ3n) is 9.17. The quantitative estimate of drug-likeness (QED) is 0.402. The molecule has 180 valence electrons. The molecule has 1 N–H and O–H groups in total. The fourth-order valence-electron chi connectivity index (χ4n) is 7.45. The van der Waals surface area contributed by atoms with E-state index in [2.05, 4.69) is 0 Å². The maximum atomic E-state index is 15.1. The summed E-state index contributed by atoms with van der Waals surface area (Å²) in [7, 11) is 0. The summed E-state index contributed by atoms with van der Waals surface area (Å²) in [5.74, 6) is 0.501. The third kappa shape index (κ3) is 4.57. The van der Waals surface area contributed by atoms with Crippen molar-refractivity contribution in [2.24, 2.45) is 35.0 Å². The lowest BCUT2D eigenvalue weighted by atomic mass is 9.50. The lowest BCUT2D eigenvalue weighted by molar-refractivity contribution is -0.143. The summed E-state index contributed by atoms with van der Waals surface area (Å²) < 4.78 is 21.5. The van der Waals surface area contributed by atoms with Crippen LogP contribution in [0.15, 0.2) is 12.1 Å². The Morgan fingerprint density at radius 2 is 1.73 bits per heavy atom. The van der Waals surface area contributed by atoms with Crippen molar-refractivity contribution in [1.82, 2.24) is 0 Å². The van der Waals surface area contributed by atoms with Crippen LogP contribution in [0.25, 0.3) is 0 Å². The first kappa shape index (κ1) is 22.9. The molecule has 1 aromatic carbocycles. The third-order valence-corrected chi connectivity index (χ3v) is 9.17. The number of hydrogen-bond acceptors (Lipinski definition) is 3. The Morgan fingerprint density at radius 1 is 1.12 bits per heavy atom. The predicted molar refractivity (Wildman–Crippen MR) is 124 cm³/mol. The zero-order valence-corrected chi connectivity index (χ0v) is 19.9. The molecular formula is C28H37FO4. The molecule has 0 unspecified atom stereocenters. The van der Waals surface area contributed by atoms with Gasteiger partial charge in [0.1, 0.15) is 11.6 Å². The predicted octanol–water partition coefficient (Wildman–Crippen LogP) is 6.62. The van der Waals surface area contributed by atoms with E-state index < -0.39 is 23.5 Å². The molecule has 0 aliphatic heterocycles. The van der Waals surface area contributed by atoms with Gasteiger partial charge in [0.05, 0.1) is 18.1 Å². The van der Waals surface area contributed by atoms with E-state index >= 15 is 4.39 Å². The summed E-state index contributed by atoms with van der Waals surface area (Å²) in [6, 6.07) is 3.07. The van der Waals surface area contributed by atoms with Crippen molar-refractivity contribution in [3.8, 4) is 5.75 Å². The Balaban J connectivity index is 1.34. The summed E-state index contributed by atoms with van der Waals surface area (Å²) in [4.78, 5) is 24.6. The number of carbonyl (C=O) groups is 2. The molecule has 5 saturated carbocycles. The summed E-state index contributed by atoms with van der Waals surface area (Å²) in [6.07, 6.45) is 10.4. The molecule has 0 heterocycles. The van der Waals surface area contributed by atoms with Crippen LogP contribution in [0.3, 0.4) is 0 Å². The van der Waals surface area contributed by atoms with Crippen molar-refractivity contribution in [2.75, 3.05) is 6.61 Å². The smallest absolute Gasteiger partial charge is 0.307 e. The van der Waals surface area contributed by atoms with Gasteiger partial charge in [0, 0.05) is 17.9 Å². The van der Waals surface area contributed by atoms with E-state index in [-0.39, 0.29) is 23.3 Å². The van der Waals surface area contributed by atoms with E-state index in [1.165, 1.54) is 44.6 Å². The first-order valence-corrected chi connectivity index (χ1v) is 13.0. The summed E-state index contributed by atoms with van der Waals surface area (Å²) in [6.45, 7) is 4.39. The number of aliphatic carboxylic acids is 1.